The molecule has 3 unspecified atom stereocenters. The number of carbonyl (C=O) groups is 3. The molecule has 0 aromatic carbocycles. The first-order valence-electron chi connectivity index (χ1n) is 14.0. The maximum atomic E-state index is 12.8. The number of allylic oxidation sites excluding steroid dienone is 1. The number of esters is 1. The van der Waals surface area contributed by atoms with E-state index in [1.54, 1.807) is 25.8 Å². The molecule has 1 aromatic heterocycles. The van der Waals surface area contributed by atoms with E-state index in [9.17, 15) is 19.5 Å². The van der Waals surface area contributed by atoms with Gasteiger partial charge in [-0.05, 0) is 64.5 Å². The first-order chi connectivity index (χ1) is 18.6. The number of aromatic nitrogens is 2. The molecule has 11 nitrogen and oxygen atoms in total. The minimum Gasteiger partial charge on any atom is -0.481 e. The Bertz CT molecular complexity index is 1100. The second kappa shape index (κ2) is 12.7. The van der Waals surface area contributed by atoms with Crippen molar-refractivity contribution in [2.75, 3.05) is 40.9 Å². The molecule has 1 saturated heterocycles. The average Bonchev–Trinajstić information content (AvgIpc) is 3.29. The molecular weight excluding hydrogens is 516 g/mol. The highest BCUT2D eigenvalue weighted by atomic mass is 16.6. The van der Waals surface area contributed by atoms with Gasteiger partial charge in [0.05, 0.1) is 24.6 Å². The van der Waals surface area contributed by atoms with Crippen LogP contribution in [0, 0.1) is 17.3 Å². The molecule has 1 aliphatic carbocycles. The standard InChI is InChI=1S/C29H46N4O7/c1-28(2,3)40-27(37)32(7)13-12-31(6)17-20-18-33(23-11-9-10-14-39-23)30-24(20)19-15-21(25(34)35)29(4,5)22(16-19)26(36)38-8/h16,18,21-23H,9-15,17H2,1-8H3,(H,34,35). The number of carboxylic acid groups (broad SMARTS) is 1. The van der Waals surface area contributed by atoms with Gasteiger partial charge in [-0.15, -0.1) is 0 Å². The van der Waals surface area contributed by atoms with Crippen molar-refractivity contribution >= 4 is 23.6 Å². The van der Waals surface area contributed by atoms with Crippen LogP contribution >= 0.6 is 0 Å². The number of ether oxygens (including phenoxy) is 3. The normalized spacial score (nSPS) is 22.9. The Labute approximate surface area is 237 Å². The van der Waals surface area contributed by atoms with Gasteiger partial charge in [-0.25, -0.2) is 9.48 Å². The maximum Gasteiger partial charge on any atom is 0.410 e. The Balaban J connectivity index is 1.90. The summed E-state index contributed by atoms with van der Waals surface area (Å²) in [6, 6.07) is 0. The highest BCUT2D eigenvalue weighted by Gasteiger charge is 2.48. The van der Waals surface area contributed by atoms with E-state index in [1.807, 2.05) is 44.8 Å². The fourth-order valence-corrected chi connectivity index (χ4v) is 5.28. The van der Waals surface area contributed by atoms with Gasteiger partial charge in [0.15, 0.2) is 0 Å². The van der Waals surface area contributed by atoms with Crippen LogP contribution in [0.3, 0.4) is 0 Å². The second-order valence-electron chi connectivity index (χ2n) is 12.6. The van der Waals surface area contributed by atoms with Crippen LogP contribution in [0.5, 0.6) is 0 Å². The van der Waals surface area contributed by atoms with Crippen LogP contribution in [0.4, 0.5) is 4.79 Å². The van der Waals surface area contributed by atoms with Gasteiger partial charge in [-0.3, -0.25) is 9.59 Å². The quantitative estimate of drug-likeness (QED) is 0.441. The first kappa shape index (κ1) is 31.6. The molecule has 1 aromatic rings. The Morgan fingerprint density at radius 2 is 1.90 bits per heavy atom. The number of hydrogen-bond acceptors (Lipinski definition) is 8. The van der Waals surface area contributed by atoms with Crippen molar-refractivity contribution < 1.29 is 33.7 Å². The van der Waals surface area contributed by atoms with Crippen molar-refractivity contribution in [1.29, 1.82) is 0 Å². The van der Waals surface area contributed by atoms with Gasteiger partial charge in [0.2, 0.25) is 0 Å². The fourth-order valence-electron chi connectivity index (χ4n) is 5.28. The third-order valence-electron chi connectivity index (χ3n) is 7.77. The van der Waals surface area contributed by atoms with E-state index in [4.69, 9.17) is 19.3 Å². The zero-order valence-corrected chi connectivity index (χ0v) is 25.2. The molecular formula is C29H46N4O7. The molecule has 0 saturated carbocycles. The van der Waals surface area contributed by atoms with Crippen molar-refractivity contribution in [1.82, 2.24) is 19.6 Å². The van der Waals surface area contributed by atoms with Gasteiger partial charge < -0.3 is 29.1 Å². The largest absolute Gasteiger partial charge is 0.481 e. The highest BCUT2D eigenvalue weighted by Crippen LogP contribution is 2.47. The third-order valence-corrected chi connectivity index (χ3v) is 7.77. The molecule has 3 atom stereocenters. The number of carbonyl (C=O) groups excluding carboxylic acids is 2. The number of amides is 1. The van der Waals surface area contributed by atoms with Crippen LogP contribution in [-0.2, 0) is 30.3 Å². The predicted molar refractivity (Wildman–Crippen MR) is 149 cm³/mol. The predicted octanol–water partition coefficient (Wildman–Crippen LogP) is 4.18. The second-order valence-corrected chi connectivity index (χ2v) is 12.6. The molecule has 3 rings (SSSR count). The fraction of sp³-hybridized carbons (Fsp3) is 0.724. The molecule has 0 bridgehead atoms. The van der Waals surface area contributed by atoms with Crippen molar-refractivity contribution in [3.05, 3.63) is 23.5 Å². The highest BCUT2D eigenvalue weighted by molar-refractivity contribution is 5.84. The van der Waals surface area contributed by atoms with Crippen molar-refractivity contribution in [3.63, 3.8) is 0 Å². The van der Waals surface area contributed by atoms with E-state index in [-0.39, 0.29) is 18.7 Å². The number of nitrogens with zero attached hydrogens (tertiary/aromatic N) is 4. The van der Waals surface area contributed by atoms with Gasteiger partial charge in [0.1, 0.15) is 11.8 Å². The Morgan fingerprint density at radius 3 is 2.48 bits per heavy atom. The molecule has 1 amide bonds. The lowest BCUT2D eigenvalue weighted by Crippen LogP contribution is -2.43. The lowest BCUT2D eigenvalue weighted by Gasteiger charge is -2.40. The lowest BCUT2D eigenvalue weighted by molar-refractivity contribution is -0.154. The summed E-state index contributed by atoms with van der Waals surface area (Å²) < 4.78 is 18.3. The minimum atomic E-state index is -0.955. The molecule has 2 heterocycles. The molecule has 0 spiro atoms. The van der Waals surface area contributed by atoms with E-state index in [0.717, 1.165) is 24.8 Å². The smallest absolute Gasteiger partial charge is 0.410 e. The third kappa shape index (κ3) is 7.63. The summed E-state index contributed by atoms with van der Waals surface area (Å²) in [4.78, 5) is 41.1. The van der Waals surface area contributed by atoms with Crippen LogP contribution in [0.2, 0.25) is 0 Å². The molecule has 11 heteroatoms. The number of hydrogen-bond donors (Lipinski definition) is 1. The summed E-state index contributed by atoms with van der Waals surface area (Å²) >= 11 is 0. The monoisotopic (exact) mass is 562 g/mol. The van der Waals surface area contributed by atoms with Crippen LogP contribution < -0.4 is 0 Å². The zero-order valence-electron chi connectivity index (χ0n) is 25.2. The van der Waals surface area contributed by atoms with E-state index >= 15 is 0 Å². The first-order valence-corrected chi connectivity index (χ1v) is 14.0. The number of carboxylic acids is 1. The van der Waals surface area contributed by atoms with Crippen molar-refractivity contribution in [2.45, 2.75) is 78.7 Å². The van der Waals surface area contributed by atoms with Crippen LogP contribution in [-0.4, -0.2) is 89.2 Å². The molecule has 2 aliphatic rings. The Kier molecular flexibility index (Phi) is 10.1. The number of rotatable bonds is 9. The molecule has 1 aliphatic heterocycles. The molecule has 1 N–H and O–H groups in total. The van der Waals surface area contributed by atoms with E-state index < -0.39 is 34.8 Å². The SMILES string of the molecule is COC(=O)C1C=C(c2nn(C3CCCCO3)cc2CN(C)CCN(C)C(=O)OC(C)(C)C)CC(C(=O)O)C1(C)C. The van der Waals surface area contributed by atoms with Crippen molar-refractivity contribution in [2.24, 2.45) is 17.3 Å². The van der Waals surface area contributed by atoms with Crippen LogP contribution in [0.1, 0.15) is 77.8 Å². The van der Waals surface area contributed by atoms with E-state index in [1.165, 1.54) is 7.11 Å². The molecule has 0 radical (unpaired) electrons. The van der Waals surface area contributed by atoms with Gasteiger partial charge in [-0.2, -0.15) is 5.10 Å². The van der Waals surface area contributed by atoms with Crippen molar-refractivity contribution in [3.8, 4) is 0 Å². The summed E-state index contributed by atoms with van der Waals surface area (Å²) in [5, 5.41) is 15.0. The number of likely N-dealkylation sites (N-methyl/N-ethyl adjacent to an activating group) is 2. The van der Waals surface area contributed by atoms with Crippen LogP contribution in [0.25, 0.3) is 5.57 Å². The minimum absolute atomic E-state index is 0.197. The Morgan fingerprint density at radius 1 is 1.20 bits per heavy atom. The summed E-state index contributed by atoms with van der Waals surface area (Å²) in [5.74, 6) is -2.94. The molecule has 224 valence electrons. The summed E-state index contributed by atoms with van der Waals surface area (Å²) in [5.41, 5.74) is 0.874. The zero-order chi connectivity index (χ0) is 29.8. The Hall–Kier alpha value is -2.92. The number of methoxy groups -OCH3 is 1. The lowest BCUT2D eigenvalue weighted by atomic mass is 9.63. The maximum absolute atomic E-state index is 12.8. The van der Waals surface area contributed by atoms with Crippen LogP contribution in [0.15, 0.2) is 12.3 Å². The van der Waals surface area contributed by atoms with Gasteiger partial charge >= 0.3 is 18.0 Å². The van der Waals surface area contributed by atoms with Gasteiger partial charge in [-0.1, -0.05) is 19.9 Å². The topological polar surface area (TPSA) is 123 Å². The molecule has 40 heavy (non-hydrogen) atoms. The average molecular weight is 563 g/mol. The summed E-state index contributed by atoms with van der Waals surface area (Å²) in [6.07, 6.45) is 6.34. The summed E-state index contributed by atoms with van der Waals surface area (Å²) in [6.45, 7) is 11.3. The van der Waals surface area contributed by atoms with E-state index in [2.05, 4.69) is 4.90 Å². The van der Waals surface area contributed by atoms with E-state index in [0.29, 0.717) is 37.5 Å². The summed E-state index contributed by atoms with van der Waals surface area (Å²) in [7, 11) is 4.98. The molecule has 1 fully saturated rings. The van der Waals surface area contributed by atoms with Gasteiger partial charge in [0, 0.05) is 45.0 Å². The van der Waals surface area contributed by atoms with Gasteiger partial charge in [0.25, 0.3) is 0 Å². The number of aliphatic carboxylic acids is 1.